The van der Waals surface area contributed by atoms with Crippen molar-refractivity contribution in [3.05, 3.63) is 29.3 Å². The minimum Gasteiger partial charge on any atom is -0.300 e. The molecule has 1 heterocycles. The van der Waals surface area contributed by atoms with Gasteiger partial charge in [-0.3, -0.25) is 14.9 Å². The van der Waals surface area contributed by atoms with E-state index in [1.807, 2.05) is 32.0 Å². The summed E-state index contributed by atoms with van der Waals surface area (Å²) in [7, 11) is 0. The van der Waals surface area contributed by atoms with Gasteiger partial charge in [0.2, 0.25) is 11.8 Å². The molecule has 1 saturated heterocycles. The molecule has 16 heavy (non-hydrogen) atoms. The number of carbonyl (C=O) groups excluding carboxylic acids is 2. The quantitative estimate of drug-likeness (QED) is 0.708. The lowest BCUT2D eigenvalue weighted by Crippen LogP contribution is -2.52. The van der Waals surface area contributed by atoms with E-state index in [9.17, 15) is 9.59 Å². The molecule has 1 aromatic rings. The second-order valence-electron chi connectivity index (χ2n) is 4.00. The summed E-state index contributed by atoms with van der Waals surface area (Å²) < 4.78 is 0. The highest BCUT2D eigenvalue weighted by atomic mass is 16.2. The van der Waals surface area contributed by atoms with Gasteiger partial charge < -0.3 is 0 Å². The van der Waals surface area contributed by atoms with E-state index in [1.54, 1.807) is 0 Å². The molecule has 0 aliphatic carbocycles. The van der Waals surface area contributed by atoms with Gasteiger partial charge >= 0.3 is 0 Å². The van der Waals surface area contributed by atoms with Crippen LogP contribution in [-0.4, -0.2) is 24.9 Å². The molecule has 2 amide bonds. The highest BCUT2D eigenvalue weighted by molar-refractivity contribution is 6.17. The van der Waals surface area contributed by atoms with Crippen LogP contribution in [0.25, 0.3) is 0 Å². The summed E-state index contributed by atoms with van der Waals surface area (Å²) in [6, 6.07) is 5.60. The first-order valence-electron chi connectivity index (χ1n) is 5.23. The van der Waals surface area contributed by atoms with Gasteiger partial charge in [0.05, 0.1) is 18.8 Å². The Labute approximate surface area is 94.2 Å². The molecule has 1 aliphatic rings. The van der Waals surface area contributed by atoms with Crippen molar-refractivity contribution in [1.82, 2.24) is 5.32 Å². The van der Waals surface area contributed by atoms with Gasteiger partial charge in [0.1, 0.15) is 0 Å². The molecule has 84 valence electrons. The maximum atomic E-state index is 11.6. The number of hydrogen-bond donors (Lipinski definition) is 1. The maximum absolute atomic E-state index is 11.6. The van der Waals surface area contributed by atoms with Gasteiger partial charge in [0.15, 0.2) is 0 Å². The Hall–Kier alpha value is -1.68. The lowest BCUT2D eigenvalue weighted by molar-refractivity contribution is -0.127. The van der Waals surface area contributed by atoms with Crippen molar-refractivity contribution < 1.29 is 9.59 Å². The summed E-state index contributed by atoms with van der Waals surface area (Å²) in [4.78, 5) is 24.5. The van der Waals surface area contributed by atoms with E-state index in [0.717, 1.165) is 11.1 Å². The summed E-state index contributed by atoms with van der Waals surface area (Å²) in [6.07, 6.45) is 0. The standard InChI is InChI=1S/C12H14N2O2/c1-8-3-4-10(5-9(8)2)14-11(15)6-13-7-12(14)16/h3-5,13H,6-7H2,1-2H3. The third-order valence-electron chi connectivity index (χ3n) is 2.80. The van der Waals surface area contributed by atoms with Crippen molar-refractivity contribution in [3.63, 3.8) is 0 Å². The number of benzene rings is 1. The van der Waals surface area contributed by atoms with Crippen molar-refractivity contribution in [3.8, 4) is 0 Å². The smallest absolute Gasteiger partial charge is 0.247 e. The number of imide groups is 1. The molecule has 1 fully saturated rings. The first kappa shape index (κ1) is 10.8. The highest BCUT2D eigenvalue weighted by Gasteiger charge is 2.26. The zero-order valence-corrected chi connectivity index (χ0v) is 9.41. The number of hydrogen-bond acceptors (Lipinski definition) is 3. The van der Waals surface area contributed by atoms with Crippen LogP contribution in [0, 0.1) is 13.8 Å². The summed E-state index contributed by atoms with van der Waals surface area (Å²) in [6.45, 7) is 4.41. The normalized spacial score (nSPS) is 16.8. The summed E-state index contributed by atoms with van der Waals surface area (Å²) in [5.41, 5.74) is 2.90. The topological polar surface area (TPSA) is 49.4 Å². The fourth-order valence-electron chi connectivity index (χ4n) is 1.73. The Kier molecular flexibility index (Phi) is 2.75. The molecular weight excluding hydrogens is 204 g/mol. The largest absolute Gasteiger partial charge is 0.300 e. The van der Waals surface area contributed by atoms with E-state index >= 15 is 0 Å². The molecule has 0 atom stereocenters. The molecule has 1 aliphatic heterocycles. The number of nitrogens with zero attached hydrogens (tertiary/aromatic N) is 1. The van der Waals surface area contributed by atoms with Crippen molar-refractivity contribution >= 4 is 17.5 Å². The average molecular weight is 218 g/mol. The first-order chi connectivity index (χ1) is 7.59. The molecule has 0 radical (unpaired) electrons. The van der Waals surface area contributed by atoms with Crippen LogP contribution in [0.5, 0.6) is 0 Å². The van der Waals surface area contributed by atoms with E-state index in [0.29, 0.717) is 5.69 Å². The fraction of sp³-hybridized carbons (Fsp3) is 0.333. The monoisotopic (exact) mass is 218 g/mol. The van der Waals surface area contributed by atoms with E-state index in [-0.39, 0.29) is 24.9 Å². The molecular formula is C12H14N2O2. The molecule has 4 nitrogen and oxygen atoms in total. The first-order valence-corrected chi connectivity index (χ1v) is 5.23. The molecule has 4 heteroatoms. The number of nitrogens with one attached hydrogen (secondary N) is 1. The van der Waals surface area contributed by atoms with Crippen LogP contribution in [-0.2, 0) is 9.59 Å². The Bertz CT molecular complexity index is 438. The zero-order valence-electron chi connectivity index (χ0n) is 9.41. The van der Waals surface area contributed by atoms with Gasteiger partial charge in [-0.15, -0.1) is 0 Å². The molecule has 0 spiro atoms. The molecule has 0 bridgehead atoms. The van der Waals surface area contributed by atoms with Crippen LogP contribution in [0.4, 0.5) is 5.69 Å². The minimum atomic E-state index is -0.195. The van der Waals surface area contributed by atoms with Crippen molar-refractivity contribution in [1.29, 1.82) is 0 Å². The predicted octanol–water partition coefficient (Wildman–Crippen LogP) is 0.766. The van der Waals surface area contributed by atoms with E-state index in [4.69, 9.17) is 0 Å². The van der Waals surface area contributed by atoms with Crippen LogP contribution in [0.2, 0.25) is 0 Å². The summed E-state index contributed by atoms with van der Waals surface area (Å²) in [5.74, 6) is -0.390. The lowest BCUT2D eigenvalue weighted by atomic mass is 10.1. The predicted molar refractivity (Wildman–Crippen MR) is 61.3 cm³/mol. The van der Waals surface area contributed by atoms with Crippen LogP contribution >= 0.6 is 0 Å². The molecule has 0 unspecified atom stereocenters. The molecule has 1 N–H and O–H groups in total. The Morgan fingerprint density at radius 1 is 1.06 bits per heavy atom. The third-order valence-corrected chi connectivity index (χ3v) is 2.80. The second kappa shape index (κ2) is 4.06. The fourth-order valence-corrected chi connectivity index (χ4v) is 1.73. The van der Waals surface area contributed by atoms with Crippen LogP contribution in [0.1, 0.15) is 11.1 Å². The Balaban J connectivity index is 2.38. The molecule has 0 aromatic heterocycles. The van der Waals surface area contributed by atoms with Crippen LogP contribution in [0.15, 0.2) is 18.2 Å². The number of carbonyl (C=O) groups is 2. The van der Waals surface area contributed by atoms with E-state index in [2.05, 4.69) is 5.32 Å². The number of aryl methyl sites for hydroxylation is 2. The Morgan fingerprint density at radius 2 is 1.69 bits per heavy atom. The number of piperazine rings is 1. The summed E-state index contributed by atoms with van der Waals surface area (Å²) >= 11 is 0. The zero-order chi connectivity index (χ0) is 11.7. The van der Waals surface area contributed by atoms with Crippen molar-refractivity contribution in [2.75, 3.05) is 18.0 Å². The van der Waals surface area contributed by atoms with Crippen LogP contribution in [0.3, 0.4) is 0 Å². The van der Waals surface area contributed by atoms with Gasteiger partial charge in [0.25, 0.3) is 0 Å². The van der Waals surface area contributed by atoms with E-state index < -0.39 is 0 Å². The van der Waals surface area contributed by atoms with Gasteiger partial charge in [-0.25, -0.2) is 4.90 Å². The SMILES string of the molecule is Cc1ccc(N2C(=O)CNCC2=O)cc1C. The van der Waals surface area contributed by atoms with Gasteiger partial charge in [-0.1, -0.05) is 6.07 Å². The summed E-state index contributed by atoms with van der Waals surface area (Å²) in [5, 5.41) is 2.77. The molecule has 1 aromatic carbocycles. The number of anilines is 1. The van der Waals surface area contributed by atoms with Crippen molar-refractivity contribution in [2.24, 2.45) is 0 Å². The molecule has 2 rings (SSSR count). The van der Waals surface area contributed by atoms with Gasteiger partial charge in [-0.05, 0) is 37.1 Å². The second-order valence-corrected chi connectivity index (χ2v) is 4.00. The van der Waals surface area contributed by atoms with Gasteiger partial charge in [0, 0.05) is 0 Å². The number of rotatable bonds is 1. The van der Waals surface area contributed by atoms with E-state index in [1.165, 1.54) is 4.90 Å². The highest BCUT2D eigenvalue weighted by Crippen LogP contribution is 2.19. The van der Waals surface area contributed by atoms with Crippen molar-refractivity contribution in [2.45, 2.75) is 13.8 Å². The van der Waals surface area contributed by atoms with Gasteiger partial charge in [-0.2, -0.15) is 0 Å². The maximum Gasteiger partial charge on any atom is 0.247 e. The number of amides is 2. The lowest BCUT2D eigenvalue weighted by Gasteiger charge is -2.25. The Morgan fingerprint density at radius 3 is 2.25 bits per heavy atom. The minimum absolute atomic E-state index is 0.195. The van der Waals surface area contributed by atoms with Crippen LogP contribution < -0.4 is 10.2 Å². The molecule has 0 saturated carbocycles. The third kappa shape index (κ3) is 1.84. The average Bonchev–Trinajstić information content (AvgIpc) is 2.23.